The van der Waals surface area contributed by atoms with Crippen LogP contribution in [0.1, 0.15) is 0 Å². The van der Waals surface area contributed by atoms with Gasteiger partial charge in [-0.3, -0.25) is 0 Å². The molecule has 4 heteroatoms. The van der Waals surface area contributed by atoms with Crippen molar-refractivity contribution in [3.05, 3.63) is 200 Å². The summed E-state index contributed by atoms with van der Waals surface area (Å²) in [7, 11) is -3.18. The second kappa shape index (κ2) is 12.9. The Bertz CT molecular complexity index is 2610. The van der Waals surface area contributed by atoms with Gasteiger partial charge in [0.2, 0.25) is 0 Å². The molecular weight excluding hydrogens is 640 g/mol. The van der Waals surface area contributed by atoms with E-state index in [9.17, 15) is 0 Å². The minimum absolute atomic E-state index is 0.814. The zero-order chi connectivity index (χ0) is 34.2. The number of aromatic nitrogens is 1. The summed E-state index contributed by atoms with van der Waals surface area (Å²) in [5.41, 5.74) is 6.13. The Morgan fingerprint density at radius 2 is 0.922 bits per heavy atom. The predicted molar refractivity (Wildman–Crippen MR) is 216 cm³/mol. The summed E-state index contributed by atoms with van der Waals surface area (Å²) in [5.74, 6) is 0. The second-order valence-electron chi connectivity index (χ2n) is 12.7. The Kier molecular flexibility index (Phi) is 7.76. The second-order valence-corrected chi connectivity index (χ2v) is 15.5. The first-order valence-electron chi connectivity index (χ1n) is 17.2. The summed E-state index contributed by atoms with van der Waals surface area (Å²) in [4.78, 5) is 7.54. The normalized spacial score (nSPS) is 11.6. The molecule has 0 amide bonds. The summed E-state index contributed by atoms with van der Waals surface area (Å²) >= 11 is 0. The van der Waals surface area contributed by atoms with E-state index in [1.807, 2.05) is 84.9 Å². The molecule has 0 aliphatic rings. The molecule has 0 saturated heterocycles. The van der Waals surface area contributed by atoms with Gasteiger partial charge in [0.1, 0.15) is 0 Å². The first-order chi connectivity index (χ1) is 25.2. The molecule has 0 bridgehead atoms. The molecule has 0 atom stereocenters. The largest absolute Gasteiger partial charge is 0.311 e. The van der Waals surface area contributed by atoms with Gasteiger partial charge in [0.15, 0.2) is 7.14 Å². The number of hydrogen-bond donors (Lipinski definition) is 0. The third kappa shape index (κ3) is 5.40. The zero-order valence-electron chi connectivity index (χ0n) is 27.8. The number of anilines is 3. The molecule has 0 radical (unpaired) electrons. The summed E-state index contributed by atoms with van der Waals surface area (Å²) in [6.45, 7) is 0. The third-order valence-electron chi connectivity index (χ3n) is 9.70. The van der Waals surface area contributed by atoms with Crippen molar-refractivity contribution in [2.75, 3.05) is 4.90 Å². The van der Waals surface area contributed by atoms with E-state index in [-0.39, 0.29) is 0 Å². The van der Waals surface area contributed by atoms with Crippen LogP contribution in [-0.2, 0) is 4.57 Å². The molecule has 9 rings (SSSR count). The van der Waals surface area contributed by atoms with Crippen molar-refractivity contribution in [1.82, 2.24) is 4.98 Å². The average Bonchev–Trinajstić information content (AvgIpc) is 3.21. The molecule has 0 spiro atoms. The summed E-state index contributed by atoms with van der Waals surface area (Å²) < 4.78 is 15.4. The van der Waals surface area contributed by atoms with E-state index >= 15 is 4.57 Å². The van der Waals surface area contributed by atoms with Crippen molar-refractivity contribution < 1.29 is 4.57 Å². The van der Waals surface area contributed by atoms with Gasteiger partial charge in [0, 0.05) is 54.7 Å². The van der Waals surface area contributed by atoms with Crippen LogP contribution in [0.3, 0.4) is 0 Å². The lowest BCUT2D eigenvalue weighted by Gasteiger charge is -2.25. The van der Waals surface area contributed by atoms with Gasteiger partial charge in [-0.15, -0.1) is 0 Å². The van der Waals surface area contributed by atoms with Gasteiger partial charge in [-0.2, -0.15) is 0 Å². The van der Waals surface area contributed by atoms with Gasteiger partial charge in [0.25, 0.3) is 0 Å². The number of pyridine rings is 1. The van der Waals surface area contributed by atoms with Gasteiger partial charge in [0.05, 0.1) is 11.2 Å². The molecule has 1 aromatic heterocycles. The highest BCUT2D eigenvalue weighted by Crippen LogP contribution is 2.45. The first-order valence-corrected chi connectivity index (χ1v) is 18.9. The van der Waals surface area contributed by atoms with Crippen molar-refractivity contribution in [2.24, 2.45) is 0 Å². The van der Waals surface area contributed by atoms with E-state index in [4.69, 9.17) is 4.98 Å². The Hall–Kier alpha value is -6.28. The van der Waals surface area contributed by atoms with Gasteiger partial charge in [-0.25, -0.2) is 4.98 Å². The minimum Gasteiger partial charge on any atom is -0.311 e. The first kappa shape index (κ1) is 30.8. The topological polar surface area (TPSA) is 33.2 Å². The SMILES string of the molecule is O=P(c1ccccc1)(c1ccccc1)c1ccc2ccc3c(-c4ccc(N(c5ccccc5)c5ccccc5)cc4)nc4ccccc4c3c2c1. The average molecular weight is 673 g/mol. The molecule has 242 valence electrons. The molecule has 8 aromatic carbocycles. The maximum Gasteiger partial charge on any atom is 0.171 e. The zero-order valence-corrected chi connectivity index (χ0v) is 28.7. The summed E-state index contributed by atoms with van der Waals surface area (Å²) in [6.07, 6.45) is 0. The summed E-state index contributed by atoms with van der Waals surface area (Å²) in [5, 5.41) is 7.86. The lowest BCUT2D eigenvalue weighted by Crippen LogP contribution is -2.24. The van der Waals surface area contributed by atoms with Crippen LogP contribution in [0, 0.1) is 0 Å². The smallest absolute Gasteiger partial charge is 0.171 e. The minimum atomic E-state index is -3.18. The number of rotatable bonds is 7. The Labute approximate surface area is 297 Å². The molecule has 1 heterocycles. The lowest BCUT2D eigenvalue weighted by atomic mass is 9.95. The number of para-hydroxylation sites is 3. The van der Waals surface area contributed by atoms with Crippen molar-refractivity contribution in [3.63, 3.8) is 0 Å². The number of fused-ring (bicyclic) bond motifs is 5. The van der Waals surface area contributed by atoms with Gasteiger partial charge < -0.3 is 9.46 Å². The number of hydrogen-bond acceptors (Lipinski definition) is 3. The third-order valence-corrected chi connectivity index (χ3v) is 12.8. The number of benzene rings is 8. The van der Waals surface area contributed by atoms with Crippen LogP contribution in [0.4, 0.5) is 17.1 Å². The number of nitrogens with zero attached hydrogens (tertiary/aromatic N) is 2. The van der Waals surface area contributed by atoms with E-state index in [2.05, 4.69) is 120 Å². The Balaban J connectivity index is 1.24. The fourth-order valence-electron chi connectivity index (χ4n) is 7.27. The lowest BCUT2D eigenvalue weighted by molar-refractivity contribution is 0.592. The van der Waals surface area contributed by atoms with E-state index in [1.54, 1.807) is 0 Å². The molecular formula is C47H33N2OP. The van der Waals surface area contributed by atoms with E-state index < -0.39 is 7.14 Å². The molecule has 0 fully saturated rings. The monoisotopic (exact) mass is 672 g/mol. The van der Waals surface area contributed by atoms with Gasteiger partial charge in [-0.05, 0) is 59.3 Å². The van der Waals surface area contributed by atoms with Crippen LogP contribution in [0.5, 0.6) is 0 Å². The van der Waals surface area contributed by atoms with Crippen LogP contribution in [-0.4, -0.2) is 4.98 Å². The molecule has 9 aromatic rings. The molecule has 0 unspecified atom stereocenters. The van der Waals surface area contributed by atoms with Crippen LogP contribution in [0.2, 0.25) is 0 Å². The Morgan fingerprint density at radius 1 is 0.412 bits per heavy atom. The molecule has 3 nitrogen and oxygen atoms in total. The highest BCUT2D eigenvalue weighted by atomic mass is 31.2. The van der Waals surface area contributed by atoms with Crippen molar-refractivity contribution in [1.29, 1.82) is 0 Å². The van der Waals surface area contributed by atoms with Gasteiger partial charge >= 0.3 is 0 Å². The standard InChI is InChI=1S/C47H33N2OP/c50-51(39-19-9-3-10-20-39,40-21-11-4-12-22-40)41-31-27-34-28-32-43-46(44(34)33-41)42-23-13-14-24-45(42)48-47(43)35-25-29-38(30-26-35)49(36-15-5-1-6-16-36)37-17-7-2-8-18-37/h1-33H. The maximum absolute atomic E-state index is 15.4. The highest BCUT2D eigenvalue weighted by Gasteiger charge is 2.30. The summed E-state index contributed by atoms with van der Waals surface area (Å²) in [6, 6.07) is 68.4. The highest BCUT2D eigenvalue weighted by molar-refractivity contribution is 7.85. The maximum atomic E-state index is 15.4. The van der Waals surface area contributed by atoms with E-state index in [0.717, 1.165) is 76.7 Å². The van der Waals surface area contributed by atoms with Crippen LogP contribution < -0.4 is 20.8 Å². The van der Waals surface area contributed by atoms with Crippen molar-refractivity contribution in [2.45, 2.75) is 0 Å². The van der Waals surface area contributed by atoms with E-state index in [1.165, 1.54) is 0 Å². The molecule has 0 N–H and O–H groups in total. The fraction of sp³-hybridized carbons (Fsp3) is 0. The van der Waals surface area contributed by atoms with Crippen LogP contribution in [0.25, 0.3) is 43.7 Å². The fourth-order valence-corrected chi connectivity index (χ4v) is 9.94. The van der Waals surface area contributed by atoms with Crippen molar-refractivity contribution >= 4 is 72.6 Å². The quantitative estimate of drug-likeness (QED) is 0.125. The Morgan fingerprint density at radius 3 is 1.53 bits per heavy atom. The predicted octanol–water partition coefficient (Wildman–Crippen LogP) is 11.3. The van der Waals surface area contributed by atoms with Gasteiger partial charge in [-0.1, -0.05) is 152 Å². The van der Waals surface area contributed by atoms with Crippen LogP contribution >= 0.6 is 7.14 Å². The molecule has 51 heavy (non-hydrogen) atoms. The van der Waals surface area contributed by atoms with Crippen molar-refractivity contribution in [3.8, 4) is 11.3 Å². The molecule has 0 aliphatic carbocycles. The van der Waals surface area contributed by atoms with Crippen LogP contribution in [0.15, 0.2) is 200 Å². The molecule has 0 saturated carbocycles. The van der Waals surface area contributed by atoms with E-state index in [0.29, 0.717) is 0 Å². The molecule has 0 aliphatic heterocycles.